The topological polar surface area (TPSA) is 102 Å². The van der Waals surface area contributed by atoms with Gasteiger partial charge in [0.1, 0.15) is 12.1 Å². The predicted molar refractivity (Wildman–Crippen MR) is 107 cm³/mol. The maximum Gasteiger partial charge on any atom is 0.233 e. The lowest BCUT2D eigenvalue weighted by molar-refractivity contribution is -0.130. The van der Waals surface area contributed by atoms with E-state index in [2.05, 4.69) is 36.1 Å². The first kappa shape index (κ1) is 19.4. The highest BCUT2D eigenvalue weighted by Crippen LogP contribution is 2.70. The zero-order valence-corrected chi connectivity index (χ0v) is 17.3. The van der Waals surface area contributed by atoms with Crippen molar-refractivity contribution in [3.05, 3.63) is 57.6 Å². The van der Waals surface area contributed by atoms with Crippen molar-refractivity contribution in [2.45, 2.75) is 51.0 Å². The summed E-state index contributed by atoms with van der Waals surface area (Å²) in [6, 6.07) is 11.3. The molecular weight excluding hydrogens is 386 g/mol. The molecule has 2 bridgehead atoms. The smallest absolute Gasteiger partial charge is 0.233 e. The normalized spacial score (nSPS) is 25.7. The molecule has 0 aliphatic heterocycles. The molecule has 1 fully saturated rings. The fourth-order valence-corrected chi connectivity index (χ4v) is 5.31. The molecule has 1 amide bonds. The number of benzene rings is 1. The Balaban J connectivity index is 1.81. The molecule has 2 aliphatic rings. The molecule has 146 valence electrons. The van der Waals surface area contributed by atoms with Gasteiger partial charge in [-0.3, -0.25) is 4.79 Å². The van der Waals surface area contributed by atoms with Crippen molar-refractivity contribution in [1.29, 1.82) is 10.5 Å². The summed E-state index contributed by atoms with van der Waals surface area (Å²) in [4.78, 5) is 22.6. The Hall–Kier alpha value is -2.96. The van der Waals surface area contributed by atoms with E-state index < -0.39 is 16.2 Å². The third-order valence-electron chi connectivity index (χ3n) is 7.27. The second kappa shape index (κ2) is 6.27. The molecule has 1 saturated carbocycles. The van der Waals surface area contributed by atoms with Gasteiger partial charge in [0.2, 0.25) is 5.91 Å². The minimum atomic E-state index is -0.912. The molecule has 1 N–H and O–H groups in total. The number of amides is 1. The van der Waals surface area contributed by atoms with E-state index in [0.29, 0.717) is 29.4 Å². The summed E-state index contributed by atoms with van der Waals surface area (Å²) in [6.45, 7) is 6.48. The summed E-state index contributed by atoms with van der Waals surface area (Å²) in [7, 11) is 0. The second-order valence-electron chi connectivity index (χ2n) is 8.48. The van der Waals surface area contributed by atoms with Crippen molar-refractivity contribution in [3.63, 3.8) is 0 Å². The maximum absolute atomic E-state index is 13.6. The summed E-state index contributed by atoms with van der Waals surface area (Å²) >= 11 is 6.24. The lowest BCUT2D eigenvalue weighted by Gasteiger charge is -2.39. The van der Waals surface area contributed by atoms with Crippen LogP contribution in [0.5, 0.6) is 0 Å². The summed E-state index contributed by atoms with van der Waals surface area (Å²) in [5, 5.41) is 22.4. The van der Waals surface area contributed by atoms with Crippen LogP contribution in [-0.4, -0.2) is 15.9 Å². The van der Waals surface area contributed by atoms with Crippen molar-refractivity contribution in [3.8, 4) is 12.1 Å². The largest absolute Gasteiger partial charge is 0.351 e. The van der Waals surface area contributed by atoms with Crippen molar-refractivity contribution in [2.24, 2.45) is 5.41 Å². The number of nitrogens with one attached hydrogen (secondary N) is 1. The molecule has 2 aliphatic carbocycles. The van der Waals surface area contributed by atoms with Gasteiger partial charge in [-0.15, -0.1) is 0 Å². The van der Waals surface area contributed by atoms with Gasteiger partial charge in [-0.25, -0.2) is 9.97 Å². The van der Waals surface area contributed by atoms with Gasteiger partial charge in [0.15, 0.2) is 11.4 Å². The van der Waals surface area contributed by atoms with E-state index >= 15 is 0 Å². The lowest BCUT2D eigenvalue weighted by Crippen LogP contribution is -2.51. The fraction of sp³-hybridized carbons (Fsp3) is 0.409. The number of nitrogens with zero attached hydrogens (tertiary/aromatic N) is 4. The molecule has 2 unspecified atom stereocenters. The average molecular weight is 406 g/mol. The highest BCUT2D eigenvalue weighted by molar-refractivity contribution is 6.31. The highest BCUT2D eigenvalue weighted by Gasteiger charge is 2.73. The molecule has 1 heterocycles. The van der Waals surface area contributed by atoms with E-state index in [1.807, 2.05) is 30.3 Å². The summed E-state index contributed by atoms with van der Waals surface area (Å²) in [6.07, 6.45) is 1.38. The molecule has 1 aromatic heterocycles. The first-order valence-electron chi connectivity index (χ1n) is 9.48. The third-order valence-corrected chi connectivity index (χ3v) is 7.63. The number of nitriles is 2. The van der Waals surface area contributed by atoms with E-state index in [4.69, 9.17) is 11.6 Å². The van der Waals surface area contributed by atoms with E-state index in [-0.39, 0.29) is 17.3 Å². The zero-order chi connectivity index (χ0) is 21.0. The standard InChI is InChI=1S/C22H20ClN5O/c1-20(2)21(3)8-9-22(20,18-17(21)27-15(10-24)16(11-25)28-18)19(29)26-12-13-6-4-5-7-14(13)23/h4-7H,8-9,12H2,1-3H3,(H,26,29). The monoisotopic (exact) mass is 405 g/mol. The molecule has 1 aromatic carbocycles. The van der Waals surface area contributed by atoms with Crippen LogP contribution in [0, 0.1) is 28.1 Å². The van der Waals surface area contributed by atoms with Crippen molar-refractivity contribution < 1.29 is 4.79 Å². The van der Waals surface area contributed by atoms with Crippen LogP contribution in [0.2, 0.25) is 5.02 Å². The van der Waals surface area contributed by atoms with Crippen molar-refractivity contribution in [2.75, 3.05) is 0 Å². The first-order valence-corrected chi connectivity index (χ1v) is 9.85. The summed E-state index contributed by atoms with van der Waals surface area (Å²) in [5.41, 5.74) is 0.217. The number of carbonyl (C=O) groups is 1. The Morgan fingerprint density at radius 3 is 2.34 bits per heavy atom. The summed E-state index contributed by atoms with van der Waals surface area (Å²) in [5.74, 6) is -0.146. The number of aromatic nitrogens is 2. The molecular formula is C22H20ClN5O. The van der Waals surface area contributed by atoms with Gasteiger partial charge >= 0.3 is 0 Å². The van der Waals surface area contributed by atoms with E-state index in [1.54, 1.807) is 6.07 Å². The minimum Gasteiger partial charge on any atom is -0.351 e. The van der Waals surface area contributed by atoms with Gasteiger partial charge < -0.3 is 5.32 Å². The molecule has 4 rings (SSSR count). The SMILES string of the molecule is CC12CCC(C(=O)NCc3ccccc3Cl)(c3nc(C#N)c(C#N)nc31)C2(C)C. The van der Waals surface area contributed by atoms with Crippen molar-refractivity contribution >= 4 is 17.5 Å². The number of rotatable bonds is 3. The maximum atomic E-state index is 13.6. The van der Waals surface area contributed by atoms with Crippen LogP contribution in [0.1, 0.15) is 62.0 Å². The van der Waals surface area contributed by atoms with E-state index in [9.17, 15) is 15.3 Å². The van der Waals surface area contributed by atoms with Gasteiger partial charge in [-0.2, -0.15) is 10.5 Å². The van der Waals surface area contributed by atoms with Gasteiger partial charge in [0, 0.05) is 17.0 Å². The van der Waals surface area contributed by atoms with Gasteiger partial charge in [-0.1, -0.05) is 50.6 Å². The van der Waals surface area contributed by atoms with Gasteiger partial charge in [-0.05, 0) is 29.9 Å². The number of hydrogen-bond acceptors (Lipinski definition) is 5. The summed E-state index contributed by atoms with van der Waals surface area (Å²) < 4.78 is 0. The van der Waals surface area contributed by atoms with E-state index in [0.717, 1.165) is 12.0 Å². The molecule has 7 heteroatoms. The Kier molecular flexibility index (Phi) is 4.19. The second-order valence-corrected chi connectivity index (χ2v) is 8.89. The molecule has 0 spiro atoms. The van der Waals surface area contributed by atoms with Crippen LogP contribution < -0.4 is 5.32 Å². The molecule has 6 nitrogen and oxygen atoms in total. The molecule has 0 saturated heterocycles. The predicted octanol–water partition coefficient (Wildman–Crippen LogP) is 3.52. The molecule has 2 aromatic rings. The number of hydrogen-bond donors (Lipinski definition) is 1. The van der Waals surface area contributed by atoms with Gasteiger partial charge in [0.25, 0.3) is 0 Å². The number of halogens is 1. The van der Waals surface area contributed by atoms with E-state index in [1.165, 1.54) is 0 Å². The zero-order valence-electron chi connectivity index (χ0n) is 16.5. The minimum absolute atomic E-state index is 0.0162. The van der Waals surface area contributed by atoms with Crippen LogP contribution in [-0.2, 0) is 22.2 Å². The third kappa shape index (κ3) is 2.30. The van der Waals surface area contributed by atoms with Crippen LogP contribution in [0.4, 0.5) is 0 Å². The van der Waals surface area contributed by atoms with Crippen LogP contribution in [0.3, 0.4) is 0 Å². The van der Waals surface area contributed by atoms with Crippen LogP contribution >= 0.6 is 11.6 Å². The highest BCUT2D eigenvalue weighted by atomic mass is 35.5. The van der Waals surface area contributed by atoms with Crippen LogP contribution in [0.25, 0.3) is 0 Å². The Labute approximate surface area is 174 Å². The van der Waals surface area contributed by atoms with Crippen LogP contribution in [0.15, 0.2) is 24.3 Å². The number of carbonyl (C=O) groups excluding carboxylic acids is 1. The van der Waals surface area contributed by atoms with Crippen molar-refractivity contribution in [1.82, 2.24) is 15.3 Å². The first-order chi connectivity index (χ1) is 13.7. The molecule has 29 heavy (non-hydrogen) atoms. The fourth-order valence-electron chi connectivity index (χ4n) is 5.11. The molecule has 2 atom stereocenters. The quantitative estimate of drug-likeness (QED) is 0.841. The Morgan fingerprint density at radius 2 is 1.72 bits per heavy atom. The van der Waals surface area contributed by atoms with Gasteiger partial charge in [0.05, 0.1) is 16.8 Å². The lowest BCUT2D eigenvalue weighted by atomic mass is 9.63. The Morgan fingerprint density at radius 1 is 1.10 bits per heavy atom. The number of fused-ring (bicyclic) bond motifs is 5. The average Bonchev–Trinajstić information content (AvgIpc) is 3.01. The Bertz CT molecular complexity index is 1130. The molecule has 0 radical (unpaired) electrons.